The molecule has 0 aliphatic heterocycles. The maximum Gasteiger partial charge on any atom is 0.352 e. The number of nitrogens with one attached hydrogen (secondary N) is 1. The van der Waals surface area contributed by atoms with Gasteiger partial charge in [-0.1, -0.05) is 48.5 Å². The normalized spacial score (nSPS) is 11.0. The zero-order valence-corrected chi connectivity index (χ0v) is 15.1. The summed E-state index contributed by atoms with van der Waals surface area (Å²) in [4.78, 5) is 34.7. The minimum absolute atomic E-state index is 0.0514. The first-order valence-electron chi connectivity index (χ1n) is 8.61. The lowest BCUT2D eigenvalue weighted by molar-refractivity contribution is -0.384. The number of carboxylic acid groups (broad SMARTS) is 1. The molecule has 0 saturated heterocycles. The fourth-order valence-corrected chi connectivity index (χ4v) is 2.77. The zero-order chi connectivity index (χ0) is 20.8. The Bertz CT molecular complexity index is 1110. The molecule has 0 aromatic heterocycles. The topological polar surface area (TPSA) is 110 Å². The van der Waals surface area contributed by atoms with E-state index in [1.807, 2.05) is 0 Å². The molecule has 0 spiro atoms. The summed E-state index contributed by atoms with van der Waals surface area (Å²) in [6.45, 7) is 0. The maximum atomic E-state index is 12.3. The number of hydrogen-bond donors (Lipinski definition) is 2. The van der Waals surface area contributed by atoms with Gasteiger partial charge in [0, 0.05) is 11.6 Å². The summed E-state index contributed by atoms with van der Waals surface area (Å²) in [5, 5.41) is 23.1. The van der Waals surface area contributed by atoms with Crippen LogP contribution in [0.2, 0.25) is 0 Å². The average molecular weight is 388 g/mol. The van der Waals surface area contributed by atoms with E-state index in [0.717, 1.165) is 0 Å². The Balaban J connectivity index is 1.94. The van der Waals surface area contributed by atoms with Crippen molar-refractivity contribution in [3.05, 3.63) is 106 Å². The number of rotatable bonds is 6. The second-order valence-electron chi connectivity index (χ2n) is 6.08. The third kappa shape index (κ3) is 4.72. The molecular weight excluding hydrogens is 372 g/mol. The third-order valence-corrected chi connectivity index (χ3v) is 4.12. The van der Waals surface area contributed by atoms with Crippen molar-refractivity contribution in [1.82, 2.24) is 5.32 Å². The maximum absolute atomic E-state index is 12.3. The van der Waals surface area contributed by atoms with Crippen LogP contribution in [0.25, 0.3) is 17.2 Å². The van der Waals surface area contributed by atoms with Crippen molar-refractivity contribution in [2.24, 2.45) is 0 Å². The Labute approximate surface area is 166 Å². The SMILES string of the molecule is O=C(O)C(=Cc1cccc(-c2ccccc2[N+](=O)[O-])c1)NC(=O)c1ccccc1. The van der Waals surface area contributed by atoms with Gasteiger partial charge in [-0.05, 0) is 41.5 Å². The molecule has 0 fully saturated rings. The summed E-state index contributed by atoms with van der Waals surface area (Å²) >= 11 is 0. The van der Waals surface area contributed by atoms with E-state index >= 15 is 0 Å². The van der Waals surface area contributed by atoms with Crippen LogP contribution in [0.5, 0.6) is 0 Å². The summed E-state index contributed by atoms with van der Waals surface area (Å²) in [6.07, 6.45) is 1.31. The van der Waals surface area contributed by atoms with Crippen LogP contribution in [-0.4, -0.2) is 21.9 Å². The number of para-hydroxylation sites is 1. The molecule has 1 amide bonds. The molecule has 0 heterocycles. The summed E-state index contributed by atoms with van der Waals surface area (Å²) < 4.78 is 0. The van der Waals surface area contributed by atoms with Gasteiger partial charge >= 0.3 is 5.97 Å². The molecule has 0 atom stereocenters. The van der Waals surface area contributed by atoms with Crippen LogP contribution in [0.3, 0.4) is 0 Å². The van der Waals surface area contributed by atoms with E-state index in [9.17, 15) is 24.8 Å². The highest BCUT2D eigenvalue weighted by molar-refractivity contribution is 6.02. The van der Waals surface area contributed by atoms with E-state index in [4.69, 9.17) is 0 Å². The minimum atomic E-state index is -1.30. The van der Waals surface area contributed by atoms with Crippen molar-refractivity contribution >= 4 is 23.6 Å². The van der Waals surface area contributed by atoms with Crippen LogP contribution in [0.4, 0.5) is 5.69 Å². The molecule has 0 unspecified atom stereocenters. The second kappa shape index (κ2) is 8.62. The monoisotopic (exact) mass is 388 g/mol. The van der Waals surface area contributed by atoms with Crippen molar-refractivity contribution in [3.8, 4) is 11.1 Å². The standard InChI is InChI=1S/C22H16N2O5/c25-21(16-8-2-1-3-9-16)23-19(22(26)27)14-15-7-6-10-17(13-15)18-11-4-5-12-20(18)24(28)29/h1-14H,(H,23,25)(H,26,27). The van der Waals surface area contributed by atoms with Gasteiger partial charge in [-0.3, -0.25) is 14.9 Å². The Morgan fingerprint density at radius 1 is 0.931 bits per heavy atom. The molecule has 0 radical (unpaired) electrons. The molecule has 7 heteroatoms. The first kappa shape index (κ1) is 19.5. The fourth-order valence-electron chi connectivity index (χ4n) is 2.77. The van der Waals surface area contributed by atoms with Crippen LogP contribution in [-0.2, 0) is 4.79 Å². The van der Waals surface area contributed by atoms with Gasteiger partial charge in [0.25, 0.3) is 11.6 Å². The first-order chi connectivity index (χ1) is 14.0. The first-order valence-corrected chi connectivity index (χ1v) is 8.61. The average Bonchev–Trinajstić information content (AvgIpc) is 2.74. The lowest BCUT2D eigenvalue weighted by Gasteiger charge is -2.08. The van der Waals surface area contributed by atoms with Gasteiger partial charge in [-0.2, -0.15) is 0 Å². The van der Waals surface area contributed by atoms with Crippen molar-refractivity contribution < 1.29 is 19.6 Å². The minimum Gasteiger partial charge on any atom is -0.477 e. The van der Waals surface area contributed by atoms with E-state index < -0.39 is 16.8 Å². The second-order valence-corrected chi connectivity index (χ2v) is 6.08. The van der Waals surface area contributed by atoms with E-state index in [2.05, 4.69) is 5.32 Å². The summed E-state index contributed by atoms with van der Waals surface area (Å²) in [6, 6.07) is 21.2. The molecule has 3 rings (SSSR count). The van der Waals surface area contributed by atoms with Crippen LogP contribution in [0.1, 0.15) is 15.9 Å². The number of aliphatic carboxylic acids is 1. The van der Waals surface area contributed by atoms with Crippen LogP contribution < -0.4 is 5.32 Å². The van der Waals surface area contributed by atoms with Gasteiger partial charge in [0.1, 0.15) is 5.70 Å². The summed E-state index contributed by atoms with van der Waals surface area (Å²) in [7, 11) is 0. The number of carbonyl (C=O) groups excluding carboxylic acids is 1. The van der Waals surface area contributed by atoms with E-state index in [1.165, 1.54) is 12.1 Å². The largest absolute Gasteiger partial charge is 0.477 e. The molecule has 29 heavy (non-hydrogen) atoms. The number of benzene rings is 3. The van der Waals surface area contributed by atoms with Gasteiger partial charge in [-0.25, -0.2) is 4.79 Å². The molecule has 0 bridgehead atoms. The summed E-state index contributed by atoms with van der Waals surface area (Å²) in [5.74, 6) is -1.85. The van der Waals surface area contributed by atoms with Gasteiger partial charge in [0.15, 0.2) is 0 Å². The number of nitro groups is 1. The number of nitro benzene ring substituents is 1. The number of amides is 1. The van der Waals surface area contributed by atoms with Crippen molar-refractivity contribution in [2.45, 2.75) is 0 Å². The van der Waals surface area contributed by atoms with E-state index in [1.54, 1.807) is 72.8 Å². The molecule has 2 N–H and O–H groups in total. The van der Waals surface area contributed by atoms with Gasteiger partial charge in [0.2, 0.25) is 0 Å². The van der Waals surface area contributed by atoms with Gasteiger partial charge in [-0.15, -0.1) is 0 Å². The number of carbonyl (C=O) groups is 2. The molecule has 0 aliphatic carbocycles. The molecule has 3 aromatic rings. The van der Waals surface area contributed by atoms with Crippen molar-refractivity contribution in [1.29, 1.82) is 0 Å². The van der Waals surface area contributed by atoms with E-state index in [0.29, 0.717) is 22.3 Å². The highest BCUT2D eigenvalue weighted by Gasteiger charge is 2.16. The predicted octanol–water partition coefficient (Wildman–Crippen LogP) is 4.12. The lowest BCUT2D eigenvalue weighted by Crippen LogP contribution is -2.27. The molecule has 0 saturated carbocycles. The quantitative estimate of drug-likeness (QED) is 0.375. The van der Waals surface area contributed by atoms with Crippen LogP contribution >= 0.6 is 0 Å². The van der Waals surface area contributed by atoms with Gasteiger partial charge < -0.3 is 10.4 Å². The Morgan fingerprint density at radius 3 is 2.31 bits per heavy atom. The smallest absolute Gasteiger partial charge is 0.352 e. The molecule has 0 aliphatic rings. The van der Waals surface area contributed by atoms with Gasteiger partial charge in [0.05, 0.1) is 10.5 Å². The zero-order valence-electron chi connectivity index (χ0n) is 15.1. The van der Waals surface area contributed by atoms with Crippen molar-refractivity contribution in [3.63, 3.8) is 0 Å². The molecular formula is C22H16N2O5. The molecule has 7 nitrogen and oxygen atoms in total. The number of carboxylic acids is 1. The van der Waals surface area contributed by atoms with E-state index in [-0.39, 0.29) is 11.4 Å². The number of nitrogens with zero attached hydrogens (tertiary/aromatic N) is 1. The molecule has 3 aromatic carbocycles. The highest BCUT2D eigenvalue weighted by atomic mass is 16.6. The molecule has 144 valence electrons. The van der Waals surface area contributed by atoms with Crippen LogP contribution in [0.15, 0.2) is 84.6 Å². The fraction of sp³-hybridized carbons (Fsp3) is 0. The Hall–Kier alpha value is -4.26. The number of hydrogen-bond acceptors (Lipinski definition) is 4. The predicted molar refractivity (Wildman–Crippen MR) is 108 cm³/mol. The Morgan fingerprint density at radius 2 is 1.62 bits per heavy atom. The van der Waals surface area contributed by atoms with Crippen molar-refractivity contribution in [2.75, 3.05) is 0 Å². The lowest BCUT2D eigenvalue weighted by atomic mass is 10.0. The summed E-state index contributed by atoms with van der Waals surface area (Å²) in [5.41, 5.74) is 1.42. The third-order valence-electron chi connectivity index (χ3n) is 4.12. The Kier molecular flexibility index (Phi) is 5.80. The van der Waals surface area contributed by atoms with Crippen LogP contribution in [0, 0.1) is 10.1 Å². The highest BCUT2D eigenvalue weighted by Crippen LogP contribution is 2.30.